The molecular formula is C28H41N5O3. The molecule has 196 valence electrons. The molecule has 1 aliphatic carbocycles. The largest absolute Gasteiger partial charge is 0.496 e. The second kappa shape index (κ2) is 12.6. The molecule has 8 nitrogen and oxygen atoms in total. The van der Waals surface area contributed by atoms with Crippen LogP contribution in [0, 0.1) is 5.92 Å². The number of benzene rings is 2. The highest BCUT2D eigenvalue weighted by Gasteiger charge is 2.22. The first-order valence-corrected chi connectivity index (χ1v) is 12.2. The number of rotatable bonds is 10. The Morgan fingerprint density at radius 1 is 0.889 bits per heavy atom. The predicted octanol–water partition coefficient (Wildman–Crippen LogP) is 5.12. The number of anilines is 2. The van der Waals surface area contributed by atoms with Crippen LogP contribution in [0.5, 0.6) is 17.2 Å². The van der Waals surface area contributed by atoms with Gasteiger partial charge in [0.05, 0.1) is 26.8 Å². The van der Waals surface area contributed by atoms with E-state index in [0.717, 1.165) is 54.0 Å². The fourth-order valence-electron chi connectivity index (χ4n) is 4.77. The molecule has 36 heavy (non-hydrogen) atoms. The van der Waals surface area contributed by atoms with Crippen molar-refractivity contribution in [3.05, 3.63) is 42.0 Å². The lowest BCUT2D eigenvalue weighted by Gasteiger charge is -2.29. The fraction of sp³-hybridized carbons (Fsp3) is 0.500. The van der Waals surface area contributed by atoms with Gasteiger partial charge in [-0.15, -0.1) is 0 Å². The van der Waals surface area contributed by atoms with Gasteiger partial charge in [0.2, 0.25) is 5.95 Å². The maximum Gasteiger partial charge on any atom is 0.225 e. The Morgan fingerprint density at radius 2 is 1.56 bits per heavy atom. The summed E-state index contributed by atoms with van der Waals surface area (Å²) < 4.78 is 16.4. The SMILES string of the molecule is C.COc1cc(OC)c(OC)cc1CNC1CCC(CNc2nc(N(C)C)c3ccccc3n2)CC1. The zero-order chi connectivity index (χ0) is 24.8. The van der Waals surface area contributed by atoms with Gasteiger partial charge in [-0.3, -0.25) is 0 Å². The second-order valence-corrected chi connectivity index (χ2v) is 9.28. The molecule has 2 aromatic carbocycles. The van der Waals surface area contributed by atoms with Gasteiger partial charge in [0.1, 0.15) is 11.6 Å². The monoisotopic (exact) mass is 495 g/mol. The molecule has 1 fully saturated rings. The van der Waals surface area contributed by atoms with Crippen LogP contribution in [0.15, 0.2) is 36.4 Å². The summed E-state index contributed by atoms with van der Waals surface area (Å²) in [6.45, 7) is 1.62. The van der Waals surface area contributed by atoms with Crippen molar-refractivity contribution < 1.29 is 14.2 Å². The molecule has 0 saturated heterocycles. The number of fused-ring (bicyclic) bond motifs is 1. The quantitative estimate of drug-likeness (QED) is 0.401. The van der Waals surface area contributed by atoms with Gasteiger partial charge in [0, 0.05) is 50.2 Å². The molecule has 0 atom stereocenters. The molecule has 1 aromatic heterocycles. The summed E-state index contributed by atoms with van der Waals surface area (Å²) in [5, 5.41) is 8.28. The van der Waals surface area contributed by atoms with Crippen LogP contribution in [0.1, 0.15) is 38.7 Å². The number of methoxy groups -OCH3 is 3. The Hall–Kier alpha value is -3.26. The van der Waals surface area contributed by atoms with Gasteiger partial charge in [0.25, 0.3) is 0 Å². The fourth-order valence-corrected chi connectivity index (χ4v) is 4.77. The van der Waals surface area contributed by atoms with Crippen molar-refractivity contribution in [1.82, 2.24) is 15.3 Å². The molecule has 0 aliphatic heterocycles. The van der Waals surface area contributed by atoms with Gasteiger partial charge in [-0.1, -0.05) is 19.6 Å². The first-order chi connectivity index (χ1) is 17.0. The minimum absolute atomic E-state index is 0. The van der Waals surface area contributed by atoms with E-state index in [2.05, 4.69) is 16.7 Å². The topological polar surface area (TPSA) is 80.8 Å². The summed E-state index contributed by atoms with van der Waals surface area (Å²) >= 11 is 0. The van der Waals surface area contributed by atoms with Crippen LogP contribution >= 0.6 is 0 Å². The normalized spacial score (nSPS) is 17.2. The molecule has 8 heteroatoms. The lowest BCUT2D eigenvalue weighted by atomic mass is 9.86. The Kier molecular flexibility index (Phi) is 9.58. The maximum absolute atomic E-state index is 5.57. The standard InChI is InChI=1S/C27H37N5O3.CH4/c1-32(2)26-21-8-6-7-9-22(21)30-27(31-26)29-16-18-10-12-20(13-11-18)28-17-19-14-24(34-4)25(35-5)15-23(19)33-3;/h6-9,14-15,18,20,28H,10-13,16-17H2,1-5H3,(H,29,30,31);1H4. The number of para-hydroxylation sites is 1. The minimum Gasteiger partial charge on any atom is -0.496 e. The van der Waals surface area contributed by atoms with Crippen molar-refractivity contribution in [2.75, 3.05) is 52.2 Å². The Balaban J connectivity index is 0.00000361. The third kappa shape index (κ3) is 6.29. The van der Waals surface area contributed by atoms with Crippen LogP contribution < -0.4 is 29.7 Å². The van der Waals surface area contributed by atoms with Gasteiger partial charge in [-0.25, -0.2) is 4.98 Å². The summed E-state index contributed by atoms with van der Waals surface area (Å²) in [4.78, 5) is 11.5. The average Bonchev–Trinajstić information content (AvgIpc) is 2.90. The van der Waals surface area contributed by atoms with E-state index in [1.807, 2.05) is 49.3 Å². The van der Waals surface area contributed by atoms with Crippen LogP contribution in [0.25, 0.3) is 10.9 Å². The molecule has 0 spiro atoms. The Bertz CT molecular complexity index is 1130. The van der Waals surface area contributed by atoms with Crippen molar-refractivity contribution in [2.45, 2.75) is 45.7 Å². The number of hydrogen-bond donors (Lipinski definition) is 2. The highest BCUT2D eigenvalue weighted by atomic mass is 16.5. The van der Waals surface area contributed by atoms with E-state index < -0.39 is 0 Å². The van der Waals surface area contributed by atoms with E-state index in [1.54, 1.807) is 21.3 Å². The van der Waals surface area contributed by atoms with Crippen LogP contribution in [0.3, 0.4) is 0 Å². The van der Waals surface area contributed by atoms with Gasteiger partial charge in [-0.05, 0) is 49.8 Å². The van der Waals surface area contributed by atoms with Crippen molar-refractivity contribution in [3.8, 4) is 17.2 Å². The van der Waals surface area contributed by atoms with Crippen molar-refractivity contribution in [1.29, 1.82) is 0 Å². The highest BCUT2D eigenvalue weighted by molar-refractivity contribution is 5.90. The van der Waals surface area contributed by atoms with Crippen molar-refractivity contribution >= 4 is 22.7 Å². The molecular weight excluding hydrogens is 454 g/mol. The molecule has 1 aliphatic rings. The van der Waals surface area contributed by atoms with E-state index in [0.29, 0.717) is 29.4 Å². The molecule has 4 rings (SSSR count). The lowest BCUT2D eigenvalue weighted by molar-refractivity contribution is 0.298. The van der Waals surface area contributed by atoms with Crippen LogP contribution in [0.2, 0.25) is 0 Å². The molecule has 3 aromatic rings. The summed E-state index contributed by atoms with van der Waals surface area (Å²) in [6.07, 6.45) is 4.62. The van der Waals surface area contributed by atoms with Crippen molar-refractivity contribution in [3.63, 3.8) is 0 Å². The third-order valence-corrected chi connectivity index (χ3v) is 6.77. The first kappa shape index (κ1) is 27.3. The van der Waals surface area contributed by atoms with Crippen LogP contribution in [0.4, 0.5) is 11.8 Å². The van der Waals surface area contributed by atoms with E-state index in [9.17, 15) is 0 Å². The molecule has 0 amide bonds. The number of aromatic nitrogens is 2. The zero-order valence-corrected chi connectivity index (χ0v) is 21.4. The summed E-state index contributed by atoms with van der Waals surface area (Å²) in [5.74, 6) is 4.45. The van der Waals surface area contributed by atoms with Gasteiger partial charge >= 0.3 is 0 Å². The summed E-state index contributed by atoms with van der Waals surface area (Å²) in [5.41, 5.74) is 2.03. The van der Waals surface area contributed by atoms with E-state index >= 15 is 0 Å². The van der Waals surface area contributed by atoms with Gasteiger partial charge in [0.15, 0.2) is 11.5 Å². The third-order valence-electron chi connectivity index (χ3n) is 6.77. The van der Waals surface area contributed by atoms with Gasteiger partial charge in [-0.2, -0.15) is 4.98 Å². The lowest BCUT2D eigenvalue weighted by Crippen LogP contribution is -2.34. The first-order valence-electron chi connectivity index (χ1n) is 12.2. The average molecular weight is 496 g/mol. The zero-order valence-electron chi connectivity index (χ0n) is 21.4. The highest BCUT2D eigenvalue weighted by Crippen LogP contribution is 2.35. The van der Waals surface area contributed by atoms with Crippen LogP contribution in [-0.2, 0) is 6.54 Å². The predicted molar refractivity (Wildman–Crippen MR) is 148 cm³/mol. The Labute approximate surface area is 215 Å². The van der Waals surface area contributed by atoms with E-state index in [4.69, 9.17) is 24.2 Å². The van der Waals surface area contributed by atoms with E-state index in [-0.39, 0.29) is 7.43 Å². The second-order valence-electron chi connectivity index (χ2n) is 9.28. The smallest absolute Gasteiger partial charge is 0.225 e. The van der Waals surface area contributed by atoms with Crippen LogP contribution in [-0.4, -0.2) is 58.0 Å². The van der Waals surface area contributed by atoms with Crippen molar-refractivity contribution in [2.24, 2.45) is 5.92 Å². The number of nitrogens with zero attached hydrogens (tertiary/aromatic N) is 3. The number of ether oxygens (including phenoxy) is 3. The van der Waals surface area contributed by atoms with E-state index in [1.165, 1.54) is 12.8 Å². The Morgan fingerprint density at radius 3 is 2.22 bits per heavy atom. The maximum atomic E-state index is 5.57. The summed E-state index contributed by atoms with van der Waals surface area (Å²) in [7, 11) is 9.01. The number of nitrogens with one attached hydrogen (secondary N) is 2. The molecule has 0 unspecified atom stereocenters. The molecule has 0 bridgehead atoms. The van der Waals surface area contributed by atoms with Gasteiger partial charge < -0.3 is 29.7 Å². The summed E-state index contributed by atoms with van der Waals surface area (Å²) in [6, 6.07) is 12.5. The molecule has 1 heterocycles. The molecule has 1 saturated carbocycles. The molecule has 2 N–H and O–H groups in total. The molecule has 0 radical (unpaired) electrons. The number of hydrogen-bond acceptors (Lipinski definition) is 8. The minimum atomic E-state index is 0.